The first-order chi connectivity index (χ1) is 9.75. The van der Waals surface area contributed by atoms with Crippen LogP contribution in [0, 0.1) is 13.5 Å². The minimum absolute atomic E-state index is 0.472. The Morgan fingerprint density at radius 3 is 2.60 bits per heavy atom. The molecule has 2 aromatic rings. The van der Waals surface area contributed by atoms with E-state index in [0.717, 1.165) is 29.1 Å². The van der Waals surface area contributed by atoms with E-state index in [1.165, 1.54) is 4.88 Å². The van der Waals surface area contributed by atoms with Crippen molar-refractivity contribution in [2.75, 3.05) is 13.2 Å². The summed E-state index contributed by atoms with van der Waals surface area (Å²) in [4.78, 5) is 9.89. The molecule has 1 aliphatic rings. The number of nitrogens with zero attached hydrogens (tertiary/aromatic N) is 2. The van der Waals surface area contributed by atoms with Crippen LogP contribution in [0.1, 0.15) is 22.7 Å². The normalized spacial score (nSPS) is 17.6. The molecule has 0 unspecified atom stereocenters. The molecule has 0 saturated carbocycles. The van der Waals surface area contributed by atoms with Gasteiger partial charge in [-0.1, -0.05) is 30.3 Å². The summed E-state index contributed by atoms with van der Waals surface area (Å²) in [5, 5.41) is 0.951. The van der Waals surface area contributed by atoms with Crippen molar-refractivity contribution in [1.82, 2.24) is 4.98 Å². The summed E-state index contributed by atoms with van der Waals surface area (Å²) in [5.41, 5.74) is 1.67. The summed E-state index contributed by atoms with van der Waals surface area (Å²) in [6.07, 6.45) is 1.50. The molecule has 2 heterocycles. The van der Waals surface area contributed by atoms with E-state index in [0.29, 0.717) is 13.2 Å². The van der Waals surface area contributed by atoms with Gasteiger partial charge >= 0.3 is 0 Å². The largest absolute Gasteiger partial charge is 0.381 e. The average Bonchev–Trinajstić information content (AvgIpc) is 2.91. The first-order valence-electron chi connectivity index (χ1n) is 6.75. The van der Waals surface area contributed by atoms with Crippen LogP contribution in [0.3, 0.4) is 0 Å². The fourth-order valence-electron chi connectivity index (χ4n) is 2.54. The first-order valence-corrected chi connectivity index (χ1v) is 7.56. The van der Waals surface area contributed by atoms with Crippen LogP contribution < -0.4 is 0 Å². The molecule has 0 spiro atoms. The summed E-state index contributed by atoms with van der Waals surface area (Å²) in [5.74, 6) is 0. The molecule has 1 aliphatic heterocycles. The number of hydrogen-bond donors (Lipinski definition) is 0. The maximum absolute atomic E-state index is 7.60. The molecule has 1 saturated heterocycles. The topological polar surface area (TPSA) is 26.5 Å². The smallest absolute Gasteiger partial charge is 0.287 e. The van der Waals surface area contributed by atoms with E-state index in [9.17, 15) is 0 Å². The Kier molecular flexibility index (Phi) is 3.56. The van der Waals surface area contributed by atoms with Gasteiger partial charge in [-0.15, -0.1) is 11.3 Å². The van der Waals surface area contributed by atoms with Crippen LogP contribution in [-0.2, 0) is 10.3 Å². The Morgan fingerprint density at radius 1 is 1.25 bits per heavy atom. The number of ether oxygens (including phenoxy) is 1. The maximum atomic E-state index is 7.60. The zero-order chi connectivity index (χ0) is 14.0. The van der Waals surface area contributed by atoms with E-state index in [4.69, 9.17) is 16.3 Å². The van der Waals surface area contributed by atoms with Crippen LogP contribution in [0.4, 0.5) is 0 Å². The van der Waals surface area contributed by atoms with Gasteiger partial charge in [-0.2, -0.15) is 0 Å². The molecule has 3 nitrogen and oxygen atoms in total. The molecule has 20 heavy (non-hydrogen) atoms. The number of aryl methyl sites for hydroxylation is 1. The predicted molar refractivity (Wildman–Crippen MR) is 80.6 cm³/mol. The summed E-state index contributed by atoms with van der Waals surface area (Å²) in [6, 6.07) is 10.2. The lowest BCUT2D eigenvalue weighted by Crippen LogP contribution is -2.30. The van der Waals surface area contributed by atoms with E-state index in [2.05, 4.69) is 23.9 Å². The highest BCUT2D eigenvalue weighted by Crippen LogP contribution is 2.41. The average molecular weight is 284 g/mol. The molecule has 1 aromatic carbocycles. The SMILES string of the molecule is [C-]#[N+]C1(c2nc(-c3ccccc3)c(C)s2)CCOCC1. The molecule has 0 bridgehead atoms. The van der Waals surface area contributed by atoms with Crippen LogP contribution in [-0.4, -0.2) is 18.2 Å². The second-order valence-corrected chi connectivity index (χ2v) is 6.25. The summed E-state index contributed by atoms with van der Waals surface area (Å²) in [7, 11) is 0. The second kappa shape index (κ2) is 5.35. The molecule has 4 heteroatoms. The molecule has 0 N–H and O–H groups in total. The van der Waals surface area contributed by atoms with Crippen molar-refractivity contribution in [3.8, 4) is 11.3 Å². The van der Waals surface area contributed by atoms with E-state index in [1.54, 1.807) is 11.3 Å². The van der Waals surface area contributed by atoms with E-state index >= 15 is 0 Å². The minimum Gasteiger partial charge on any atom is -0.381 e. The highest BCUT2D eigenvalue weighted by Gasteiger charge is 2.44. The summed E-state index contributed by atoms with van der Waals surface area (Å²) >= 11 is 1.66. The highest BCUT2D eigenvalue weighted by molar-refractivity contribution is 7.12. The summed E-state index contributed by atoms with van der Waals surface area (Å²) < 4.78 is 5.40. The fourth-order valence-corrected chi connectivity index (χ4v) is 3.67. The molecule has 0 aliphatic carbocycles. The van der Waals surface area contributed by atoms with Crippen LogP contribution in [0.2, 0.25) is 0 Å². The monoisotopic (exact) mass is 284 g/mol. The zero-order valence-corrected chi connectivity index (χ0v) is 12.2. The standard InChI is InChI=1S/C16H16N2OS/c1-12-14(13-6-4-3-5-7-13)18-15(20-12)16(17-2)8-10-19-11-9-16/h3-7H,8-11H2,1H3. The molecule has 1 aromatic heterocycles. The van der Waals surface area contributed by atoms with Gasteiger partial charge in [-0.25, -0.2) is 11.6 Å². The summed E-state index contributed by atoms with van der Waals surface area (Å²) in [6.45, 7) is 11.0. The molecule has 1 fully saturated rings. The predicted octanol–water partition coefficient (Wildman–Crippen LogP) is 4.04. The van der Waals surface area contributed by atoms with Gasteiger partial charge in [0.25, 0.3) is 5.54 Å². The van der Waals surface area contributed by atoms with Crippen LogP contribution in [0.15, 0.2) is 30.3 Å². The Morgan fingerprint density at radius 2 is 1.95 bits per heavy atom. The van der Waals surface area contributed by atoms with Crippen LogP contribution in [0.25, 0.3) is 16.1 Å². The molecule has 3 rings (SSSR count). The Labute approximate surface area is 123 Å². The van der Waals surface area contributed by atoms with Gasteiger partial charge in [0.2, 0.25) is 0 Å². The first kappa shape index (κ1) is 13.3. The van der Waals surface area contributed by atoms with Crippen molar-refractivity contribution in [3.63, 3.8) is 0 Å². The van der Waals surface area contributed by atoms with Gasteiger partial charge in [-0.3, -0.25) is 0 Å². The van der Waals surface area contributed by atoms with Crippen molar-refractivity contribution in [2.45, 2.75) is 25.3 Å². The van der Waals surface area contributed by atoms with Gasteiger partial charge in [0, 0.05) is 10.4 Å². The lowest BCUT2D eigenvalue weighted by molar-refractivity contribution is 0.0646. The lowest BCUT2D eigenvalue weighted by Gasteiger charge is -2.24. The number of thiazole rings is 1. The highest BCUT2D eigenvalue weighted by atomic mass is 32.1. The van der Waals surface area contributed by atoms with Crippen molar-refractivity contribution >= 4 is 11.3 Å². The molecule has 0 radical (unpaired) electrons. The number of benzene rings is 1. The van der Waals surface area contributed by atoms with E-state index < -0.39 is 5.54 Å². The number of rotatable bonds is 2. The van der Waals surface area contributed by atoms with E-state index in [-0.39, 0.29) is 0 Å². The van der Waals surface area contributed by atoms with Crippen LogP contribution >= 0.6 is 11.3 Å². The van der Waals surface area contributed by atoms with Gasteiger partial charge in [0.15, 0.2) is 5.01 Å². The minimum atomic E-state index is -0.472. The third-order valence-corrected chi connectivity index (χ3v) is 4.94. The fraction of sp³-hybridized carbons (Fsp3) is 0.375. The Balaban J connectivity index is 2.02. The molecule has 0 amide bonds. The van der Waals surface area contributed by atoms with Gasteiger partial charge in [0.1, 0.15) is 0 Å². The van der Waals surface area contributed by atoms with Crippen molar-refractivity contribution in [2.24, 2.45) is 0 Å². The van der Waals surface area contributed by atoms with Gasteiger partial charge < -0.3 is 9.58 Å². The molecule has 102 valence electrons. The van der Waals surface area contributed by atoms with Gasteiger partial charge in [0.05, 0.1) is 31.7 Å². The second-order valence-electron chi connectivity index (χ2n) is 5.05. The van der Waals surface area contributed by atoms with Crippen molar-refractivity contribution in [1.29, 1.82) is 0 Å². The third-order valence-electron chi connectivity index (χ3n) is 3.78. The lowest BCUT2D eigenvalue weighted by atomic mass is 9.92. The van der Waals surface area contributed by atoms with Crippen LogP contribution in [0.5, 0.6) is 0 Å². The van der Waals surface area contributed by atoms with Gasteiger partial charge in [-0.05, 0) is 6.92 Å². The molecular formula is C16H16N2OS. The third kappa shape index (κ3) is 2.24. The molecular weight excluding hydrogens is 268 g/mol. The van der Waals surface area contributed by atoms with Crippen molar-refractivity contribution < 1.29 is 4.74 Å². The Hall–Kier alpha value is -1.70. The van der Waals surface area contributed by atoms with Crippen molar-refractivity contribution in [3.05, 3.63) is 51.6 Å². The zero-order valence-electron chi connectivity index (χ0n) is 11.4. The molecule has 0 atom stereocenters. The van der Waals surface area contributed by atoms with E-state index in [1.807, 2.05) is 18.2 Å². The number of hydrogen-bond acceptors (Lipinski definition) is 3. The maximum Gasteiger partial charge on any atom is 0.287 e. The Bertz CT molecular complexity index is 636. The quantitative estimate of drug-likeness (QED) is 0.778. The number of aromatic nitrogens is 1.